The quantitative estimate of drug-likeness (QED) is 0.473. The number of benzene rings is 3. The number of anilines is 1. The van der Waals surface area contributed by atoms with Gasteiger partial charge in [0.2, 0.25) is 5.91 Å². The highest BCUT2D eigenvalue weighted by atomic mass is 35.5. The number of nitrogens with zero attached hydrogens (tertiary/aromatic N) is 2. The number of para-hydroxylation sites is 1. The minimum atomic E-state index is -0.460. The van der Waals surface area contributed by atoms with Crippen molar-refractivity contribution < 1.29 is 9.59 Å². The molecular weight excluding hydrogens is 428 g/mol. The van der Waals surface area contributed by atoms with E-state index < -0.39 is 5.91 Å². The van der Waals surface area contributed by atoms with Gasteiger partial charge in [0.25, 0.3) is 11.5 Å². The van der Waals surface area contributed by atoms with Crippen LogP contribution in [0.1, 0.15) is 15.9 Å². The second-order valence-electron chi connectivity index (χ2n) is 7.10. The zero-order valence-electron chi connectivity index (χ0n) is 16.9. The standard InChI is InChI=1S/C24H19ClN4O3/c25-17-10-11-20-19(12-17)24(32)29(15-27-20)14-22(30)28-21-9-5-4-8-18(21)23(31)26-13-16-6-2-1-3-7-16/h1-12,15H,13-14H2,(H,26,31)(H,28,30). The molecule has 0 aliphatic heterocycles. The van der Waals surface area contributed by atoms with Gasteiger partial charge >= 0.3 is 0 Å². The van der Waals surface area contributed by atoms with Crippen LogP contribution in [0.2, 0.25) is 5.02 Å². The lowest BCUT2D eigenvalue weighted by atomic mass is 10.1. The van der Waals surface area contributed by atoms with Crippen LogP contribution in [-0.4, -0.2) is 21.4 Å². The van der Waals surface area contributed by atoms with E-state index in [-0.39, 0.29) is 18.0 Å². The molecule has 0 bridgehead atoms. The molecule has 1 aromatic heterocycles. The first-order valence-corrected chi connectivity index (χ1v) is 10.2. The molecule has 3 aromatic carbocycles. The zero-order valence-corrected chi connectivity index (χ0v) is 17.7. The van der Waals surface area contributed by atoms with Crippen molar-refractivity contribution in [3.63, 3.8) is 0 Å². The van der Waals surface area contributed by atoms with Crippen molar-refractivity contribution in [1.82, 2.24) is 14.9 Å². The van der Waals surface area contributed by atoms with Gasteiger partial charge in [0.1, 0.15) is 6.54 Å². The molecule has 160 valence electrons. The normalized spacial score (nSPS) is 10.7. The summed E-state index contributed by atoms with van der Waals surface area (Å²) in [6, 6.07) is 21.0. The van der Waals surface area contributed by atoms with Crippen LogP contribution in [0.3, 0.4) is 0 Å². The summed E-state index contributed by atoms with van der Waals surface area (Å²) >= 11 is 5.97. The van der Waals surface area contributed by atoms with Gasteiger partial charge in [0.05, 0.1) is 28.5 Å². The van der Waals surface area contributed by atoms with Crippen LogP contribution in [0, 0.1) is 0 Å². The van der Waals surface area contributed by atoms with Gasteiger partial charge in [-0.3, -0.25) is 19.0 Å². The molecule has 7 nitrogen and oxygen atoms in total. The van der Waals surface area contributed by atoms with Crippen LogP contribution in [0.25, 0.3) is 10.9 Å². The number of fused-ring (bicyclic) bond motifs is 1. The lowest BCUT2D eigenvalue weighted by molar-refractivity contribution is -0.116. The molecule has 0 saturated carbocycles. The Labute approximate surface area is 188 Å². The molecule has 2 amide bonds. The van der Waals surface area contributed by atoms with E-state index in [0.29, 0.717) is 33.7 Å². The second kappa shape index (κ2) is 9.45. The third-order valence-corrected chi connectivity index (χ3v) is 5.08. The molecule has 32 heavy (non-hydrogen) atoms. The first-order chi connectivity index (χ1) is 15.5. The summed E-state index contributed by atoms with van der Waals surface area (Å²) in [5, 5.41) is 6.30. The van der Waals surface area contributed by atoms with Crippen molar-refractivity contribution in [1.29, 1.82) is 0 Å². The molecular formula is C24H19ClN4O3. The summed E-state index contributed by atoms with van der Waals surface area (Å²) in [5.41, 5.74) is 1.77. The van der Waals surface area contributed by atoms with Crippen LogP contribution >= 0.6 is 11.6 Å². The molecule has 8 heteroatoms. The van der Waals surface area contributed by atoms with Gasteiger partial charge in [-0.2, -0.15) is 0 Å². The molecule has 0 spiro atoms. The highest BCUT2D eigenvalue weighted by Gasteiger charge is 2.14. The van der Waals surface area contributed by atoms with E-state index in [1.807, 2.05) is 30.3 Å². The maximum atomic E-state index is 12.7. The van der Waals surface area contributed by atoms with Crippen LogP contribution in [0.15, 0.2) is 83.9 Å². The largest absolute Gasteiger partial charge is 0.348 e. The molecule has 0 aliphatic rings. The van der Waals surface area contributed by atoms with Crippen molar-refractivity contribution in [2.45, 2.75) is 13.1 Å². The van der Waals surface area contributed by atoms with Crippen molar-refractivity contribution in [2.75, 3.05) is 5.32 Å². The number of carbonyl (C=O) groups is 2. The fraction of sp³-hybridized carbons (Fsp3) is 0.0833. The fourth-order valence-electron chi connectivity index (χ4n) is 3.25. The van der Waals surface area contributed by atoms with Crippen molar-refractivity contribution in [3.05, 3.63) is 106 Å². The highest BCUT2D eigenvalue weighted by molar-refractivity contribution is 6.31. The van der Waals surface area contributed by atoms with Gasteiger partial charge in [0, 0.05) is 11.6 Å². The number of rotatable bonds is 6. The Balaban J connectivity index is 1.48. The van der Waals surface area contributed by atoms with E-state index in [1.165, 1.54) is 17.0 Å². The summed E-state index contributed by atoms with van der Waals surface area (Å²) in [4.78, 5) is 42.2. The van der Waals surface area contributed by atoms with E-state index in [1.54, 1.807) is 36.4 Å². The molecule has 0 fully saturated rings. The summed E-state index contributed by atoms with van der Waals surface area (Å²) in [5.74, 6) is -0.775. The molecule has 2 N–H and O–H groups in total. The number of aromatic nitrogens is 2. The topological polar surface area (TPSA) is 93.1 Å². The van der Waals surface area contributed by atoms with Gasteiger partial charge in [-0.15, -0.1) is 0 Å². The van der Waals surface area contributed by atoms with Crippen molar-refractivity contribution in [2.24, 2.45) is 0 Å². The van der Waals surface area contributed by atoms with Crippen LogP contribution in [0.5, 0.6) is 0 Å². The van der Waals surface area contributed by atoms with Gasteiger partial charge in [-0.25, -0.2) is 4.98 Å². The van der Waals surface area contributed by atoms with Gasteiger partial charge in [-0.1, -0.05) is 54.1 Å². The molecule has 1 heterocycles. The van der Waals surface area contributed by atoms with E-state index in [2.05, 4.69) is 15.6 Å². The minimum absolute atomic E-state index is 0.256. The number of nitrogens with one attached hydrogen (secondary N) is 2. The average Bonchev–Trinajstić information content (AvgIpc) is 2.81. The third kappa shape index (κ3) is 4.84. The Morgan fingerprint density at radius 2 is 1.72 bits per heavy atom. The molecule has 0 atom stereocenters. The summed E-state index contributed by atoms with van der Waals surface area (Å²) < 4.78 is 1.20. The zero-order chi connectivity index (χ0) is 22.5. The Bertz CT molecular complexity index is 1350. The molecule has 0 aliphatic carbocycles. The minimum Gasteiger partial charge on any atom is -0.348 e. The molecule has 0 unspecified atom stereocenters. The number of hydrogen-bond acceptors (Lipinski definition) is 4. The third-order valence-electron chi connectivity index (χ3n) is 4.84. The first kappa shape index (κ1) is 21.3. The Morgan fingerprint density at radius 3 is 2.53 bits per heavy atom. The van der Waals surface area contributed by atoms with Crippen molar-refractivity contribution >= 4 is 40.0 Å². The second-order valence-corrected chi connectivity index (χ2v) is 7.54. The lowest BCUT2D eigenvalue weighted by Crippen LogP contribution is -2.29. The van der Waals surface area contributed by atoms with E-state index in [4.69, 9.17) is 11.6 Å². The fourth-order valence-corrected chi connectivity index (χ4v) is 3.42. The van der Waals surface area contributed by atoms with Gasteiger partial charge < -0.3 is 10.6 Å². The molecule has 0 saturated heterocycles. The Hall–Kier alpha value is -3.97. The monoisotopic (exact) mass is 446 g/mol. The first-order valence-electron chi connectivity index (χ1n) is 9.87. The number of carbonyl (C=O) groups excluding carboxylic acids is 2. The predicted octanol–water partition coefficient (Wildman–Crippen LogP) is 3.62. The SMILES string of the molecule is O=C(Cn1cnc2ccc(Cl)cc2c1=O)Nc1ccccc1C(=O)NCc1ccccc1. The van der Waals surface area contributed by atoms with E-state index >= 15 is 0 Å². The maximum Gasteiger partial charge on any atom is 0.261 e. The van der Waals surface area contributed by atoms with Crippen LogP contribution < -0.4 is 16.2 Å². The highest BCUT2D eigenvalue weighted by Crippen LogP contribution is 2.16. The predicted molar refractivity (Wildman–Crippen MR) is 124 cm³/mol. The number of hydrogen-bond donors (Lipinski definition) is 2. The summed E-state index contributed by atoms with van der Waals surface area (Å²) in [7, 11) is 0. The Morgan fingerprint density at radius 1 is 0.969 bits per heavy atom. The summed E-state index contributed by atoms with van der Waals surface area (Å²) in [6.07, 6.45) is 1.32. The van der Waals surface area contributed by atoms with E-state index in [0.717, 1.165) is 5.56 Å². The molecule has 0 radical (unpaired) electrons. The van der Waals surface area contributed by atoms with Crippen LogP contribution in [0.4, 0.5) is 5.69 Å². The average molecular weight is 447 g/mol. The lowest BCUT2D eigenvalue weighted by Gasteiger charge is -2.12. The summed E-state index contributed by atoms with van der Waals surface area (Å²) in [6.45, 7) is 0.108. The number of amides is 2. The number of halogens is 1. The molecule has 4 aromatic rings. The van der Waals surface area contributed by atoms with E-state index in [9.17, 15) is 14.4 Å². The maximum absolute atomic E-state index is 12.7. The Kier molecular flexibility index (Phi) is 6.28. The van der Waals surface area contributed by atoms with Crippen LogP contribution in [-0.2, 0) is 17.9 Å². The van der Waals surface area contributed by atoms with Gasteiger partial charge in [-0.05, 0) is 35.9 Å². The molecule has 4 rings (SSSR count). The smallest absolute Gasteiger partial charge is 0.261 e. The van der Waals surface area contributed by atoms with Gasteiger partial charge in [0.15, 0.2) is 0 Å². The van der Waals surface area contributed by atoms with Crippen molar-refractivity contribution in [3.8, 4) is 0 Å².